The standard InChI is InChI=1S/C23H21Cl2N3O3/c24-17-7-5-14(10-18(17)25)23(30)28-9-1-2-15(12-28)21(29)26-16-6-8-20-19(11-16)27-22(31-20)13-3-4-13/h5-8,10-11,13,15H,1-4,9,12H2,(H,26,29). The molecule has 1 saturated heterocycles. The highest BCUT2D eigenvalue weighted by molar-refractivity contribution is 6.42. The number of aromatic nitrogens is 1. The molecule has 2 aromatic carbocycles. The second-order valence-electron chi connectivity index (χ2n) is 8.22. The van der Waals surface area contributed by atoms with Crippen LogP contribution in [0.3, 0.4) is 0 Å². The van der Waals surface area contributed by atoms with Crippen molar-refractivity contribution in [2.75, 3.05) is 18.4 Å². The summed E-state index contributed by atoms with van der Waals surface area (Å²) in [4.78, 5) is 32.0. The number of carbonyl (C=O) groups excluding carboxylic acids is 2. The van der Waals surface area contributed by atoms with Gasteiger partial charge in [-0.3, -0.25) is 9.59 Å². The number of anilines is 1. The molecule has 1 aliphatic carbocycles. The summed E-state index contributed by atoms with van der Waals surface area (Å²) in [5.74, 6) is 0.689. The van der Waals surface area contributed by atoms with E-state index in [9.17, 15) is 9.59 Å². The summed E-state index contributed by atoms with van der Waals surface area (Å²) in [5, 5.41) is 3.72. The molecule has 8 heteroatoms. The number of hydrogen-bond acceptors (Lipinski definition) is 4. The molecule has 0 spiro atoms. The van der Waals surface area contributed by atoms with Crippen molar-refractivity contribution >= 4 is 51.8 Å². The van der Waals surface area contributed by atoms with E-state index in [1.807, 2.05) is 18.2 Å². The van der Waals surface area contributed by atoms with Gasteiger partial charge in [-0.25, -0.2) is 4.98 Å². The Morgan fingerprint density at radius 1 is 1.06 bits per heavy atom. The van der Waals surface area contributed by atoms with Crippen LogP contribution >= 0.6 is 23.2 Å². The number of oxazole rings is 1. The molecule has 1 aromatic heterocycles. The van der Waals surface area contributed by atoms with Gasteiger partial charge in [-0.2, -0.15) is 0 Å². The van der Waals surface area contributed by atoms with E-state index in [1.54, 1.807) is 23.1 Å². The van der Waals surface area contributed by atoms with Crippen molar-refractivity contribution in [1.82, 2.24) is 9.88 Å². The van der Waals surface area contributed by atoms with Gasteiger partial charge in [0.25, 0.3) is 5.91 Å². The first kappa shape index (κ1) is 20.3. The van der Waals surface area contributed by atoms with Crippen molar-refractivity contribution in [2.24, 2.45) is 5.92 Å². The zero-order chi connectivity index (χ0) is 21.5. The number of likely N-dealkylation sites (tertiary alicyclic amines) is 1. The van der Waals surface area contributed by atoms with Gasteiger partial charge in [-0.1, -0.05) is 23.2 Å². The van der Waals surface area contributed by atoms with Crippen LogP contribution in [-0.2, 0) is 4.79 Å². The van der Waals surface area contributed by atoms with Gasteiger partial charge >= 0.3 is 0 Å². The fraction of sp³-hybridized carbons (Fsp3) is 0.348. The van der Waals surface area contributed by atoms with Crippen molar-refractivity contribution in [3.05, 3.63) is 57.9 Å². The molecule has 2 aliphatic rings. The zero-order valence-corrected chi connectivity index (χ0v) is 18.2. The van der Waals surface area contributed by atoms with Crippen LogP contribution in [0.2, 0.25) is 10.0 Å². The molecule has 6 nitrogen and oxygen atoms in total. The van der Waals surface area contributed by atoms with E-state index in [0.29, 0.717) is 40.3 Å². The molecule has 1 saturated carbocycles. The Kier molecular flexibility index (Phi) is 5.36. The molecule has 3 aromatic rings. The predicted octanol–water partition coefficient (Wildman–Crippen LogP) is 5.50. The fourth-order valence-corrected chi connectivity index (χ4v) is 4.26. The molecule has 0 bridgehead atoms. The van der Waals surface area contributed by atoms with Crippen LogP contribution in [0.4, 0.5) is 5.69 Å². The first-order valence-electron chi connectivity index (χ1n) is 10.4. The molecule has 2 heterocycles. The molecular weight excluding hydrogens is 437 g/mol. The van der Waals surface area contributed by atoms with Crippen LogP contribution in [0.25, 0.3) is 11.1 Å². The smallest absolute Gasteiger partial charge is 0.253 e. The number of fused-ring (bicyclic) bond motifs is 1. The lowest BCUT2D eigenvalue weighted by atomic mass is 9.96. The molecular formula is C23H21Cl2N3O3. The first-order chi connectivity index (χ1) is 15.0. The fourth-order valence-electron chi connectivity index (χ4n) is 3.96. The molecule has 1 aliphatic heterocycles. The van der Waals surface area contributed by atoms with Gasteiger partial charge in [0.05, 0.1) is 16.0 Å². The lowest BCUT2D eigenvalue weighted by Crippen LogP contribution is -2.43. The topological polar surface area (TPSA) is 75.4 Å². The molecule has 2 fully saturated rings. The molecule has 1 unspecified atom stereocenters. The second-order valence-corrected chi connectivity index (χ2v) is 9.03. The van der Waals surface area contributed by atoms with E-state index in [4.69, 9.17) is 27.6 Å². The number of amides is 2. The molecule has 5 rings (SSSR count). The maximum absolute atomic E-state index is 12.9. The Bertz CT molecular complexity index is 1170. The van der Waals surface area contributed by atoms with E-state index in [0.717, 1.165) is 42.7 Å². The Balaban J connectivity index is 1.26. The van der Waals surface area contributed by atoms with E-state index >= 15 is 0 Å². The SMILES string of the molecule is O=C(Nc1ccc2oc(C3CC3)nc2c1)C1CCCN(C(=O)c2ccc(Cl)c(Cl)c2)C1. The lowest BCUT2D eigenvalue weighted by Gasteiger charge is -2.32. The minimum Gasteiger partial charge on any atom is -0.440 e. The van der Waals surface area contributed by atoms with Gasteiger partial charge in [-0.15, -0.1) is 0 Å². The third-order valence-electron chi connectivity index (χ3n) is 5.84. The van der Waals surface area contributed by atoms with Crippen molar-refractivity contribution in [1.29, 1.82) is 0 Å². The number of hydrogen-bond donors (Lipinski definition) is 1. The number of piperidine rings is 1. The highest BCUT2D eigenvalue weighted by atomic mass is 35.5. The molecule has 160 valence electrons. The Morgan fingerprint density at radius 3 is 2.68 bits per heavy atom. The van der Waals surface area contributed by atoms with E-state index in [1.165, 1.54) is 0 Å². The molecule has 0 radical (unpaired) electrons. The zero-order valence-electron chi connectivity index (χ0n) is 16.7. The molecule has 1 atom stereocenters. The maximum atomic E-state index is 12.9. The number of nitrogens with one attached hydrogen (secondary N) is 1. The summed E-state index contributed by atoms with van der Waals surface area (Å²) < 4.78 is 5.78. The summed E-state index contributed by atoms with van der Waals surface area (Å²) >= 11 is 12.0. The lowest BCUT2D eigenvalue weighted by molar-refractivity contribution is -0.121. The average Bonchev–Trinajstić information content (AvgIpc) is 3.54. The summed E-state index contributed by atoms with van der Waals surface area (Å²) in [6, 6.07) is 10.3. The van der Waals surface area contributed by atoms with Crippen molar-refractivity contribution in [3.8, 4) is 0 Å². The van der Waals surface area contributed by atoms with Crippen molar-refractivity contribution in [2.45, 2.75) is 31.6 Å². The third-order valence-corrected chi connectivity index (χ3v) is 6.58. The summed E-state index contributed by atoms with van der Waals surface area (Å²) in [6.07, 6.45) is 3.73. The van der Waals surface area contributed by atoms with Gasteiger partial charge in [-0.05, 0) is 62.1 Å². The third kappa shape index (κ3) is 4.27. The first-order valence-corrected chi connectivity index (χ1v) is 11.2. The molecule has 2 amide bonds. The summed E-state index contributed by atoms with van der Waals surface area (Å²) in [6.45, 7) is 0.973. The minimum atomic E-state index is -0.282. The van der Waals surface area contributed by atoms with Crippen LogP contribution < -0.4 is 5.32 Å². The number of rotatable bonds is 4. The van der Waals surface area contributed by atoms with Crippen LogP contribution in [-0.4, -0.2) is 34.8 Å². The maximum Gasteiger partial charge on any atom is 0.253 e. The Hall–Kier alpha value is -2.57. The number of nitrogens with zero attached hydrogens (tertiary/aromatic N) is 2. The van der Waals surface area contributed by atoms with Crippen LogP contribution in [0.1, 0.15) is 47.8 Å². The van der Waals surface area contributed by atoms with E-state index in [2.05, 4.69) is 10.3 Å². The van der Waals surface area contributed by atoms with Gasteiger partial charge in [0, 0.05) is 30.3 Å². The second kappa shape index (κ2) is 8.17. The van der Waals surface area contributed by atoms with Crippen molar-refractivity contribution in [3.63, 3.8) is 0 Å². The largest absolute Gasteiger partial charge is 0.440 e. The van der Waals surface area contributed by atoms with Gasteiger partial charge in [0.15, 0.2) is 11.5 Å². The number of halogens is 2. The monoisotopic (exact) mass is 457 g/mol. The summed E-state index contributed by atoms with van der Waals surface area (Å²) in [7, 11) is 0. The molecule has 31 heavy (non-hydrogen) atoms. The minimum absolute atomic E-state index is 0.100. The van der Waals surface area contributed by atoms with Gasteiger partial charge < -0.3 is 14.6 Å². The average molecular weight is 458 g/mol. The quantitative estimate of drug-likeness (QED) is 0.560. The number of benzene rings is 2. The van der Waals surface area contributed by atoms with Crippen LogP contribution in [0.5, 0.6) is 0 Å². The van der Waals surface area contributed by atoms with Gasteiger partial charge in [0.1, 0.15) is 5.52 Å². The highest BCUT2D eigenvalue weighted by Crippen LogP contribution is 2.40. The van der Waals surface area contributed by atoms with Crippen LogP contribution in [0, 0.1) is 5.92 Å². The molecule has 1 N–H and O–H groups in total. The number of carbonyl (C=O) groups is 2. The predicted molar refractivity (Wildman–Crippen MR) is 120 cm³/mol. The van der Waals surface area contributed by atoms with Gasteiger partial charge in [0.2, 0.25) is 5.91 Å². The highest BCUT2D eigenvalue weighted by Gasteiger charge is 2.30. The van der Waals surface area contributed by atoms with E-state index in [-0.39, 0.29) is 17.7 Å². The Labute approximate surface area is 189 Å². The van der Waals surface area contributed by atoms with Crippen LogP contribution in [0.15, 0.2) is 40.8 Å². The normalized spacial score (nSPS) is 18.9. The van der Waals surface area contributed by atoms with E-state index < -0.39 is 0 Å². The Morgan fingerprint density at radius 2 is 1.90 bits per heavy atom. The summed E-state index contributed by atoms with van der Waals surface area (Å²) in [5.41, 5.74) is 2.63. The van der Waals surface area contributed by atoms with Crippen molar-refractivity contribution < 1.29 is 14.0 Å².